The number of amides is 1. The molecule has 0 heterocycles. The molecule has 1 atom stereocenters. The van der Waals surface area contributed by atoms with E-state index in [2.05, 4.69) is 5.32 Å². The fourth-order valence-electron chi connectivity index (χ4n) is 1.25. The topological polar surface area (TPSA) is 113 Å². The lowest BCUT2D eigenvalue weighted by atomic mass is 10.1. The van der Waals surface area contributed by atoms with E-state index in [1.54, 1.807) is 24.3 Å². The standard InChI is InChI=1S/C11H14N2O4/c12-8-3-1-7(2-4-8)5-10(15)13-9(6-14)11(16)17/h1-4,9,14H,5-6,12H2,(H,13,15)(H,16,17)/t9-/m0/s1. The maximum Gasteiger partial charge on any atom is 0.328 e. The molecule has 17 heavy (non-hydrogen) atoms. The first-order valence-electron chi connectivity index (χ1n) is 5.00. The second kappa shape index (κ2) is 5.86. The molecular weight excluding hydrogens is 224 g/mol. The number of anilines is 1. The van der Waals surface area contributed by atoms with Crippen molar-refractivity contribution in [3.8, 4) is 0 Å². The van der Waals surface area contributed by atoms with Crippen molar-refractivity contribution in [2.24, 2.45) is 0 Å². The first kappa shape index (κ1) is 13.0. The van der Waals surface area contributed by atoms with Gasteiger partial charge in [0.15, 0.2) is 0 Å². The average Bonchev–Trinajstić information content (AvgIpc) is 2.28. The highest BCUT2D eigenvalue weighted by Crippen LogP contribution is 2.06. The van der Waals surface area contributed by atoms with Crippen molar-refractivity contribution < 1.29 is 19.8 Å². The van der Waals surface area contributed by atoms with E-state index in [0.717, 1.165) is 5.56 Å². The Labute approximate surface area is 98.1 Å². The number of carbonyl (C=O) groups excluding carboxylic acids is 1. The summed E-state index contributed by atoms with van der Waals surface area (Å²) in [5, 5.41) is 19.6. The van der Waals surface area contributed by atoms with E-state index < -0.39 is 24.5 Å². The van der Waals surface area contributed by atoms with Crippen LogP contribution in [0.4, 0.5) is 5.69 Å². The molecule has 1 rings (SSSR count). The maximum atomic E-state index is 11.5. The second-order valence-corrected chi connectivity index (χ2v) is 3.56. The number of carboxylic acids is 1. The summed E-state index contributed by atoms with van der Waals surface area (Å²) in [6.45, 7) is -0.636. The number of carboxylic acid groups (broad SMARTS) is 1. The Morgan fingerprint density at radius 1 is 1.29 bits per heavy atom. The van der Waals surface area contributed by atoms with Crippen LogP contribution in [0.1, 0.15) is 5.56 Å². The lowest BCUT2D eigenvalue weighted by molar-refractivity contribution is -0.142. The number of hydrogen-bond acceptors (Lipinski definition) is 4. The predicted octanol–water partition coefficient (Wildman–Crippen LogP) is -0.627. The Balaban J connectivity index is 2.54. The lowest BCUT2D eigenvalue weighted by Crippen LogP contribution is -2.43. The van der Waals surface area contributed by atoms with E-state index >= 15 is 0 Å². The van der Waals surface area contributed by atoms with Gasteiger partial charge in [0.2, 0.25) is 5.91 Å². The Morgan fingerprint density at radius 3 is 2.35 bits per heavy atom. The van der Waals surface area contributed by atoms with Crippen molar-refractivity contribution in [1.82, 2.24) is 5.32 Å². The van der Waals surface area contributed by atoms with Crippen molar-refractivity contribution in [2.75, 3.05) is 12.3 Å². The Bertz CT molecular complexity index is 402. The monoisotopic (exact) mass is 238 g/mol. The molecule has 0 radical (unpaired) electrons. The second-order valence-electron chi connectivity index (χ2n) is 3.56. The molecule has 0 fully saturated rings. The highest BCUT2D eigenvalue weighted by Gasteiger charge is 2.18. The van der Waals surface area contributed by atoms with E-state index in [1.165, 1.54) is 0 Å². The minimum absolute atomic E-state index is 0.0457. The molecule has 6 heteroatoms. The van der Waals surface area contributed by atoms with Gasteiger partial charge in [0.05, 0.1) is 13.0 Å². The molecule has 5 N–H and O–H groups in total. The molecule has 0 saturated heterocycles. The fourth-order valence-corrected chi connectivity index (χ4v) is 1.25. The van der Waals surface area contributed by atoms with Gasteiger partial charge in [0.1, 0.15) is 6.04 Å². The van der Waals surface area contributed by atoms with Crippen LogP contribution in [-0.4, -0.2) is 34.7 Å². The number of aliphatic hydroxyl groups is 1. The van der Waals surface area contributed by atoms with Crippen molar-refractivity contribution in [2.45, 2.75) is 12.5 Å². The largest absolute Gasteiger partial charge is 0.480 e. The fraction of sp³-hybridized carbons (Fsp3) is 0.273. The van der Waals surface area contributed by atoms with Crippen LogP contribution in [0.15, 0.2) is 24.3 Å². The summed E-state index contributed by atoms with van der Waals surface area (Å²) in [5.74, 6) is -1.73. The first-order chi connectivity index (χ1) is 8.02. The molecule has 0 saturated carbocycles. The highest BCUT2D eigenvalue weighted by atomic mass is 16.4. The zero-order chi connectivity index (χ0) is 12.8. The molecule has 1 aromatic carbocycles. The van der Waals surface area contributed by atoms with Gasteiger partial charge in [-0.25, -0.2) is 4.79 Å². The number of nitrogen functional groups attached to an aromatic ring is 1. The number of rotatable bonds is 5. The van der Waals surface area contributed by atoms with Crippen molar-refractivity contribution >= 4 is 17.6 Å². The molecule has 0 spiro atoms. The molecular formula is C11H14N2O4. The quantitative estimate of drug-likeness (QED) is 0.510. The number of nitrogens with one attached hydrogen (secondary N) is 1. The third-order valence-corrected chi connectivity index (χ3v) is 2.16. The molecule has 1 aromatic rings. The van der Waals surface area contributed by atoms with Gasteiger partial charge in [0.25, 0.3) is 0 Å². The summed E-state index contributed by atoms with van der Waals surface area (Å²) in [5.41, 5.74) is 6.80. The Morgan fingerprint density at radius 2 is 1.88 bits per heavy atom. The van der Waals surface area contributed by atoms with Crippen LogP contribution in [0.2, 0.25) is 0 Å². The van der Waals surface area contributed by atoms with Crippen LogP contribution in [0.3, 0.4) is 0 Å². The molecule has 1 amide bonds. The average molecular weight is 238 g/mol. The van der Waals surface area contributed by atoms with Crippen molar-refractivity contribution in [3.63, 3.8) is 0 Å². The molecule has 0 aliphatic rings. The van der Waals surface area contributed by atoms with Gasteiger partial charge in [-0.1, -0.05) is 12.1 Å². The van der Waals surface area contributed by atoms with E-state index in [-0.39, 0.29) is 6.42 Å². The number of aliphatic carboxylic acids is 1. The van der Waals surface area contributed by atoms with E-state index in [0.29, 0.717) is 5.69 Å². The zero-order valence-electron chi connectivity index (χ0n) is 9.09. The van der Waals surface area contributed by atoms with Gasteiger partial charge >= 0.3 is 5.97 Å². The van der Waals surface area contributed by atoms with Crippen LogP contribution in [0.5, 0.6) is 0 Å². The van der Waals surface area contributed by atoms with Crippen molar-refractivity contribution in [3.05, 3.63) is 29.8 Å². The Kier molecular flexibility index (Phi) is 4.47. The highest BCUT2D eigenvalue weighted by molar-refractivity contribution is 5.84. The number of aliphatic hydroxyl groups excluding tert-OH is 1. The molecule has 6 nitrogen and oxygen atoms in total. The maximum absolute atomic E-state index is 11.5. The lowest BCUT2D eigenvalue weighted by Gasteiger charge is -2.11. The van der Waals surface area contributed by atoms with Crippen LogP contribution >= 0.6 is 0 Å². The van der Waals surface area contributed by atoms with Gasteiger partial charge in [-0.15, -0.1) is 0 Å². The minimum Gasteiger partial charge on any atom is -0.480 e. The number of hydrogen-bond donors (Lipinski definition) is 4. The molecule has 0 aliphatic carbocycles. The van der Waals surface area contributed by atoms with Gasteiger partial charge in [-0.05, 0) is 17.7 Å². The van der Waals surface area contributed by atoms with Crippen LogP contribution in [0.25, 0.3) is 0 Å². The van der Waals surface area contributed by atoms with Crippen molar-refractivity contribution in [1.29, 1.82) is 0 Å². The first-order valence-corrected chi connectivity index (χ1v) is 5.00. The molecule has 0 bridgehead atoms. The molecule has 0 unspecified atom stereocenters. The third kappa shape index (κ3) is 4.12. The summed E-state index contributed by atoms with van der Waals surface area (Å²) in [6.07, 6.45) is 0.0457. The van der Waals surface area contributed by atoms with Crippen LogP contribution < -0.4 is 11.1 Å². The molecule has 0 aromatic heterocycles. The van der Waals surface area contributed by atoms with Crippen LogP contribution in [0, 0.1) is 0 Å². The normalized spacial score (nSPS) is 11.8. The number of benzene rings is 1. The van der Waals surface area contributed by atoms with E-state index in [4.69, 9.17) is 15.9 Å². The van der Waals surface area contributed by atoms with E-state index in [9.17, 15) is 9.59 Å². The molecule has 0 aliphatic heterocycles. The van der Waals surface area contributed by atoms with Gasteiger partial charge in [-0.2, -0.15) is 0 Å². The zero-order valence-corrected chi connectivity index (χ0v) is 9.09. The van der Waals surface area contributed by atoms with E-state index in [1.807, 2.05) is 0 Å². The van der Waals surface area contributed by atoms with Gasteiger partial charge < -0.3 is 21.3 Å². The summed E-state index contributed by atoms with van der Waals surface area (Å²) in [6, 6.07) is 5.41. The summed E-state index contributed by atoms with van der Waals surface area (Å²) < 4.78 is 0. The molecule has 92 valence electrons. The SMILES string of the molecule is Nc1ccc(CC(=O)N[C@@H](CO)C(=O)O)cc1. The van der Waals surface area contributed by atoms with Gasteiger partial charge in [-0.3, -0.25) is 4.79 Å². The third-order valence-electron chi connectivity index (χ3n) is 2.16. The summed E-state index contributed by atoms with van der Waals surface area (Å²) >= 11 is 0. The van der Waals surface area contributed by atoms with Gasteiger partial charge in [0, 0.05) is 5.69 Å². The van der Waals surface area contributed by atoms with Crippen LogP contribution in [-0.2, 0) is 16.0 Å². The predicted molar refractivity (Wildman–Crippen MR) is 61.2 cm³/mol. The smallest absolute Gasteiger partial charge is 0.328 e. The Hall–Kier alpha value is -2.08. The summed E-state index contributed by atoms with van der Waals surface area (Å²) in [7, 11) is 0. The minimum atomic E-state index is -1.27. The number of carbonyl (C=O) groups is 2. The summed E-state index contributed by atoms with van der Waals surface area (Å²) in [4.78, 5) is 22.0. The number of nitrogens with two attached hydrogens (primary N) is 1.